The van der Waals surface area contributed by atoms with E-state index in [4.69, 9.17) is 4.74 Å². The average Bonchev–Trinajstić information content (AvgIpc) is 2.68. The van der Waals surface area contributed by atoms with Gasteiger partial charge >= 0.3 is 5.97 Å². The van der Waals surface area contributed by atoms with Crippen molar-refractivity contribution in [1.82, 2.24) is 0 Å². The van der Waals surface area contributed by atoms with Gasteiger partial charge in [-0.05, 0) is 41.5 Å². The molecule has 0 aliphatic heterocycles. The van der Waals surface area contributed by atoms with E-state index in [2.05, 4.69) is 6.58 Å². The topological polar surface area (TPSA) is 43.4 Å². The second-order valence-corrected chi connectivity index (χ2v) is 5.43. The van der Waals surface area contributed by atoms with E-state index >= 15 is 0 Å². The number of esters is 1. The number of carbonyl (C=O) groups is 2. The molecule has 0 atom stereocenters. The molecular formula is C22H16O3. The summed E-state index contributed by atoms with van der Waals surface area (Å²) in [6.45, 7) is 3.44. The van der Waals surface area contributed by atoms with E-state index in [0.717, 1.165) is 11.1 Å². The van der Waals surface area contributed by atoms with Crippen molar-refractivity contribution in [2.75, 3.05) is 0 Å². The van der Waals surface area contributed by atoms with Crippen LogP contribution in [-0.4, -0.2) is 11.8 Å². The number of ketones is 1. The molecule has 0 fully saturated rings. The van der Waals surface area contributed by atoms with Crippen LogP contribution in [0.4, 0.5) is 0 Å². The van der Waals surface area contributed by atoms with Gasteiger partial charge in [0.25, 0.3) is 0 Å². The van der Waals surface area contributed by atoms with Gasteiger partial charge in [-0.25, -0.2) is 4.79 Å². The normalized spacial score (nSPS) is 10.1. The highest BCUT2D eigenvalue weighted by Gasteiger charge is 2.10. The lowest BCUT2D eigenvalue weighted by Gasteiger charge is -2.06. The molecule has 0 aromatic heterocycles. The van der Waals surface area contributed by atoms with Crippen LogP contribution in [0.3, 0.4) is 0 Å². The maximum absolute atomic E-state index is 12.2. The Balaban J connectivity index is 1.70. The minimum atomic E-state index is -0.468. The summed E-state index contributed by atoms with van der Waals surface area (Å²) < 4.78 is 5.37. The molecule has 0 radical (unpaired) electrons. The van der Waals surface area contributed by atoms with Crippen LogP contribution < -0.4 is 4.74 Å². The van der Waals surface area contributed by atoms with Gasteiger partial charge in [-0.3, -0.25) is 4.79 Å². The van der Waals surface area contributed by atoms with Crippen LogP contribution in [0.15, 0.2) is 91.5 Å². The van der Waals surface area contributed by atoms with E-state index in [1.54, 1.807) is 36.4 Å². The van der Waals surface area contributed by atoms with Gasteiger partial charge in [-0.1, -0.05) is 61.2 Å². The smallest absolute Gasteiger partial charge is 0.343 e. The molecule has 3 nitrogen and oxygen atoms in total. The molecule has 0 amide bonds. The summed E-state index contributed by atoms with van der Waals surface area (Å²) >= 11 is 0. The highest BCUT2D eigenvalue weighted by Crippen LogP contribution is 2.22. The maximum atomic E-state index is 12.2. The number of hydrogen-bond donors (Lipinski definition) is 0. The van der Waals surface area contributed by atoms with Crippen molar-refractivity contribution in [3.63, 3.8) is 0 Å². The summed E-state index contributed by atoms with van der Waals surface area (Å²) in [5, 5.41) is 0. The van der Waals surface area contributed by atoms with Crippen molar-refractivity contribution in [3.8, 4) is 16.9 Å². The Morgan fingerprint density at radius 1 is 0.720 bits per heavy atom. The Morgan fingerprint density at radius 2 is 1.28 bits per heavy atom. The molecule has 122 valence electrons. The van der Waals surface area contributed by atoms with E-state index in [1.165, 1.54) is 6.08 Å². The molecule has 0 aliphatic rings. The molecule has 0 bridgehead atoms. The predicted molar refractivity (Wildman–Crippen MR) is 97.8 cm³/mol. The third-order valence-electron chi connectivity index (χ3n) is 3.76. The maximum Gasteiger partial charge on any atom is 0.343 e. The molecule has 3 aromatic rings. The summed E-state index contributed by atoms with van der Waals surface area (Å²) in [5.74, 6) is -0.183. The zero-order valence-electron chi connectivity index (χ0n) is 13.5. The van der Waals surface area contributed by atoms with E-state index in [-0.39, 0.29) is 5.78 Å². The van der Waals surface area contributed by atoms with Crippen LogP contribution in [0.2, 0.25) is 0 Å². The van der Waals surface area contributed by atoms with Crippen LogP contribution in [0, 0.1) is 0 Å². The summed E-state index contributed by atoms with van der Waals surface area (Å²) in [5.41, 5.74) is 3.02. The number of ether oxygens (including phenoxy) is 1. The van der Waals surface area contributed by atoms with Crippen LogP contribution in [0.25, 0.3) is 11.1 Å². The summed E-state index contributed by atoms with van der Waals surface area (Å²) in [4.78, 5) is 23.7. The van der Waals surface area contributed by atoms with Gasteiger partial charge < -0.3 is 4.74 Å². The lowest BCUT2D eigenvalue weighted by atomic mass is 10.1. The first-order valence-corrected chi connectivity index (χ1v) is 7.82. The molecule has 0 N–H and O–H groups in total. The largest absolute Gasteiger partial charge is 0.423 e. The highest BCUT2D eigenvalue weighted by molar-refractivity contribution is 6.04. The third-order valence-corrected chi connectivity index (χ3v) is 3.76. The number of benzene rings is 3. The molecule has 0 saturated carbocycles. The first kappa shape index (κ1) is 16.4. The van der Waals surface area contributed by atoms with E-state index in [1.807, 2.05) is 42.5 Å². The molecule has 3 heteroatoms. The monoisotopic (exact) mass is 328 g/mol. The Labute approximate surface area is 146 Å². The van der Waals surface area contributed by atoms with Gasteiger partial charge in [0.2, 0.25) is 0 Å². The van der Waals surface area contributed by atoms with Gasteiger partial charge in [0, 0.05) is 5.56 Å². The van der Waals surface area contributed by atoms with Crippen molar-refractivity contribution < 1.29 is 14.3 Å². The van der Waals surface area contributed by atoms with Crippen molar-refractivity contribution >= 4 is 11.8 Å². The Hall–Kier alpha value is -3.46. The lowest BCUT2D eigenvalue weighted by Crippen LogP contribution is -2.08. The average molecular weight is 328 g/mol. The first-order chi connectivity index (χ1) is 12.2. The second kappa shape index (κ2) is 7.41. The van der Waals surface area contributed by atoms with Crippen molar-refractivity contribution in [1.29, 1.82) is 0 Å². The van der Waals surface area contributed by atoms with Crippen LogP contribution in [0.1, 0.15) is 20.7 Å². The lowest BCUT2D eigenvalue weighted by molar-refractivity contribution is 0.0734. The second-order valence-electron chi connectivity index (χ2n) is 5.43. The van der Waals surface area contributed by atoms with Crippen molar-refractivity contribution in [2.24, 2.45) is 0 Å². The van der Waals surface area contributed by atoms with E-state index in [0.29, 0.717) is 16.9 Å². The molecule has 25 heavy (non-hydrogen) atoms. The zero-order valence-corrected chi connectivity index (χ0v) is 13.5. The highest BCUT2D eigenvalue weighted by atomic mass is 16.5. The first-order valence-electron chi connectivity index (χ1n) is 7.82. The summed E-state index contributed by atoms with van der Waals surface area (Å²) in [6, 6.07) is 23.6. The van der Waals surface area contributed by atoms with Crippen LogP contribution in [-0.2, 0) is 0 Å². The van der Waals surface area contributed by atoms with Gasteiger partial charge in [0.05, 0.1) is 5.56 Å². The van der Waals surface area contributed by atoms with Crippen LogP contribution >= 0.6 is 0 Å². The SMILES string of the molecule is C=CC(=O)c1ccc(C(=O)Oc2ccc(-c3ccccc3)cc2)cc1. The minimum absolute atomic E-state index is 0.184. The van der Waals surface area contributed by atoms with Crippen LogP contribution in [0.5, 0.6) is 5.75 Å². The molecule has 3 aromatic carbocycles. The Bertz CT molecular complexity index is 892. The van der Waals surface area contributed by atoms with Gasteiger partial charge in [-0.2, -0.15) is 0 Å². The molecule has 0 unspecified atom stereocenters. The third kappa shape index (κ3) is 3.90. The van der Waals surface area contributed by atoms with Crippen molar-refractivity contribution in [2.45, 2.75) is 0 Å². The van der Waals surface area contributed by atoms with E-state index < -0.39 is 5.97 Å². The summed E-state index contributed by atoms with van der Waals surface area (Å²) in [7, 11) is 0. The molecular weight excluding hydrogens is 312 g/mol. The number of allylic oxidation sites excluding steroid dienone is 1. The number of rotatable bonds is 5. The minimum Gasteiger partial charge on any atom is -0.423 e. The van der Waals surface area contributed by atoms with Gasteiger partial charge in [-0.15, -0.1) is 0 Å². The fourth-order valence-corrected chi connectivity index (χ4v) is 2.40. The molecule has 3 rings (SSSR count). The standard InChI is InChI=1S/C22H16O3/c1-2-21(23)18-8-10-19(11-9-18)22(24)25-20-14-12-17(13-15-20)16-6-4-3-5-7-16/h2-15H,1H2. The Morgan fingerprint density at radius 3 is 1.88 bits per heavy atom. The van der Waals surface area contributed by atoms with Crippen molar-refractivity contribution in [3.05, 3.63) is 103 Å². The number of hydrogen-bond acceptors (Lipinski definition) is 3. The fraction of sp³-hybridized carbons (Fsp3) is 0. The predicted octanol–water partition coefficient (Wildman–Crippen LogP) is 4.94. The van der Waals surface area contributed by atoms with E-state index in [9.17, 15) is 9.59 Å². The zero-order chi connectivity index (χ0) is 17.6. The summed E-state index contributed by atoms with van der Waals surface area (Å²) in [6.07, 6.45) is 1.24. The number of carbonyl (C=O) groups excluding carboxylic acids is 2. The van der Waals surface area contributed by atoms with Gasteiger partial charge in [0.15, 0.2) is 5.78 Å². The molecule has 0 saturated heterocycles. The quantitative estimate of drug-likeness (QED) is 0.288. The van der Waals surface area contributed by atoms with Gasteiger partial charge in [0.1, 0.15) is 5.75 Å². The fourth-order valence-electron chi connectivity index (χ4n) is 2.40. The Kier molecular flexibility index (Phi) is 4.86. The molecule has 0 heterocycles. The molecule has 0 spiro atoms. The molecule has 0 aliphatic carbocycles.